The first-order valence-electron chi connectivity index (χ1n) is 12.4. The summed E-state index contributed by atoms with van der Waals surface area (Å²) < 4.78 is 18.1. The minimum atomic E-state index is 0.0182. The van der Waals surface area contributed by atoms with Crippen molar-refractivity contribution in [2.75, 3.05) is 14.2 Å². The number of hydrogen-bond donors (Lipinski definition) is 0. The van der Waals surface area contributed by atoms with Gasteiger partial charge in [0.25, 0.3) is 0 Å². The average molecular weight is 435 g/mol. The van der Waals surface area contributed by atoms with Gasteiger partial charge in [-0.3, -0.25) is 0 Å². The zero-order valence-electron chi connectivity index (χ0n) is 20.1. The van der Waals surface area contributed by atoms with Crippen LogP contribution in [0.1, 0.15) is 80.2 Å². The molecule has 172 valence electrons. The Morgan fingerprint density at radius 1 is 1.03 bits per heavy atom. The maximum Gasteiger partial charge on any atom is 0.125 e. The Morgan fingerprint density at radius 3 is 2.59 bits per heavy atom. The zero-order chi connectivity index (χ0) is 22.3. The van der Waals surface area contributed by atoms with Crippen LogP contribution in [0.2, 0.25) is 0 Å². The Labute approximate surface area is 193 Å². The maximum absolute atomic E-state index is 6.37. The summed E-state index contributed by atoms with van der Waals surface area (Å²) in [6.07, 6.45) is 8.01. The predicted octanol–water partition coefficient (Wildman–Crippen LogP) is 6.84. The zero-order valence-corrected chi connectivity index (χ0v) is 20.1. The minimum Gasteiger partial charge on any atom is -0.489 e. The summed E-state index contributed by atoms with van der Waals surface area (Å²) in [6, 6.07) is 15.2. The highest BCUT2D eigenvalue weighted by atomic mass is 16.5. The van der Waals surface area contributed by atoms with Gasteiger partial charge < -0.3 is 14.2 Å². The first-order valence-corrected chi connectivity index (χ1v) is 12.4. The second kappa shape index (κ2) is 8.83. The van der Waals surface area contributed by atoms with Gasteiger partial charge in [-0.05, 0) is 97.4 Å². The molecule has 0 saturated heterocycles. The molecule has 3 heteroatoms. The number of rotatable bonds is 6. The van der Waals surface area contributed by atoms with Crippen molar-refractivity contribution in [2.45, 2.75) is 77.1 Å². The summed E-state index contributed by atoms with van der Waals surface area (Å²) in [5.41, 5.74) is 5.80. The van der Waals surface area contributed by atoms with Crippen LogP contribution in [0.15, 0.2) is 42.5 Å². The van der Waals surface area contributed by atoms with Crippen LogP contribution in [-0.4, -0.2) is 20.3 Å². The fourth-order valence-corrected chi connectivity index (χ4v) is 7.26. The van der Waals surface area contributed by atoms with Gasteiger partial charge in [-0.15, -0.1) is 0 Å². The molecule has 3 nitrogen and oxygen atoms in total. The van der Waals surface area contributed by atoms with Gasteiger partial charge in [0.2, 0.25) is 0 Å². The van der Waals surface area contributed by atoms with E-state index in [0.717, 1.165) is 24.0 Å². The van der Waals surface area contributed by atoms with E-state index in [1.54, 1.807) is 12.7 Å². The average Bonchev–Trinajstić information content (AvgIpc) is 3.18. The second-order valence-corrected chi connectivity index (χ2v) is 10.5. The van der Waals surface area contributed by atoms with E-state index in [2.05, 4.69) is 50.2 Å². The lowest BCUT2D eigenvalue weighted by Gasteiger charge is -2.50. The highest BCUT2D eigenvalue weighted by molar-refractivity contribution is 5.47. The molecule has 2 aromatic rings. The minimum absolute atomic E-state index is 0.0182. The topological polar surface area (TPSA) is 27.7 Å². The number of ether oxygens (including phenoxy) is 3. The van der Waals surface area contributed by atoms with E-state index in [1.807, 2.05) is 13.2 Å². The molecular formula is C29H38O3. The molecule has 32 heavy (non-hydrogen) atoms. The van der Waals surface area contributed by atoms with Crippen LogP contribution in [0, 0.1) is 17.3 Å². The van der Waals surface area contributed by atoms with Crippen molar-refractivity contribution in [1.82, 2.24) is 0 Å². The summed E-state index contributed by atoms with van der Waals surface area (Å²) >= 11 is 0. The molecule has 2 aromatic carbocycles. The molecule has 0 amide bonds. The molecule has 3 aliphatic carbocycles. The molecule has 0 bridgehead atoms. The van der Waals surface area contributed by atoms with Crippen LogP contribution >= 0.6 is 0 Å². The first kappa shape index (κ1) is 22.0. The highest BCUT2D eigenvalue weighted by Gasteiger charge is 2.55. The normalized spacial score (nSPS) is 32.0. The third kappa shape index (κ3) is 3.68. The summed E-state index contributed by atoms with van der Waals surface area (Å²) in [5, 5.41) is 0. The van der Waals surface area contributed by atoms with E-state index >= 15 is 0 Å². The SMILES string of the molecule is COC(C)c1cc2c(cc1OCc1ccccc1)CC[C@@H]1[C@@H]2CC[C@]2(C)[C@@H](OC)CC[C@@H]12. The second-order valence-electron chi connectivity index (χ2n) is 10.5. The van der Waals surface area contributed by atoms with Crippen molar-refractivity contribution in [3.05, 3.63) is 64.7 Å². The van der Waals surface area contributed by atoms with Gasteiger partial charge in [0.05, 0.1) is 12.2 Å². The Kier molecular flexibility index (Phi) is 6.07. The van der Waals surface area contributed by atoms with E-state index in [-0.39, 0.29) is 6.10 Å². The molecule has 0 aromatic heterocycles. The Hall–Kier alpha value is -1.84. The quantitative estimate of drug-likeness (QED) is 0.498. The van der Waals surface area contributed by atoms with Gasteiger partial charge in [-0.1, -0.05) is 37.3 Å². The summed E-state index contributed by atoms with van der Waals surface area (Å²) in [4.78, 5) is 0. The largest absolute Gasteiger partial charge is 0.489 e. The third-order valence-electron chi connectivity index (χ3n) is 9.08. The predicted molar refractivity (Wildman–Crippen MR) is 128 cm³/mol. The Morgan fingerprint density at radius 2 is 1.84 bits per heavy atom. The Bertz CT molecular complexity index is 939. The van der Waals surface area contributed by atoms with Crippen LogP contribution in [0.5, 0.6) is 5.75 Å². The van der Waals surface area contributed by atoms with Crippen molar-refractivity contribution < 1.29 is 14.2 Å². The molecule has 2 fully saturated rings. The summed E-state index contributed by atoms with van der Waals surface area (Å²) in [7, 11) is 3.71. The fraction of sp³-hybridized carbons (Fsp3) is 0.586. The molecule has 5 rings (SSSR count). The fourth-order valence-electron chi connectivity index (χ4n) is 7.26. The lowest BCUT2D eigenvalue weighted by Crippen LogP contribution is -2.44. The number of aryl methyl sites for hydroxylation is 1. The van der Waals surface area contributed by atoms with Crippen molar-refractivity contribution in [3.8, 4) is 5.75 Å². The van der Waals surface area contributed by atoms with Gasteiger partial charge in [0.1, 0.15) is 12.4 Å². The van der Waals surface area contributed by atoms with Gasteiger partial charge in [0.15, 0.2) is 0 Å². The van der Waals surface area contributed by atoms with Crippen molar-refractivity contribution in [3.63, 3.8) is 0 Å². The molecule has 0 heterocycles. The van der Waals surface area contributed by atoms with Crippen LogP contribution in [0.3, 0.4) is 0 Å². The van der Waals surface area contributed by atoms with Gasteiger partial charge in [-0.25, -0.2) is 0 Å². The number of methoxy groups -OCH3 is 2. The van der Waals surface area contributed by atoms with E-state index in [4.69, 9.17) is 14.2 Å². The molecule has 3 aliphatic rings. The van der Waals surface area contributed by atoms with Gasteiger partial charge in [-0.2, -0.15) is 0 Å². The van der Waals surface area contributed by atoms with Crippen LogP contribution < -0.4 is 4.74 Å². The highest BCUT2D eigenvalue weighted by Crippen LogP contribution is 2.61. The van der Waals surface area contributed by atoms with Gasteiger partial charge in [0, 0.05) is 19.8 Å². The standard InChI is InChI=1S/C29H38O3/c1-19(30-3)24-17-25-21(16-27(24)32-18-20-8-6-5-7-9-20)10-11-23-22(25)14-15-29(2)26(23)12-13-28(29)31-4/h5-9,16-17,19,22-23,26,28H,10-15,18H2,1-4H3/t19?,22-,23+,26-,28-,29-/m0/s1. The summed E-state index contributed by atoms with van der Waals surface area (Å²) in [5.74, 6) is 3.22. The lowest BCUT2D eigenvalue weighted by atomic mass is 9.55. The van der Waals surface area contributed by atoms with Crippen LogP contribution in [-0.2, 0) is 22.5 Å². The molecule has 6 atom stereocenters. The molecule has 0 spiro atoms. The smallest absolute Gasteiger partial charge is 0.125 e. The Balaban J connectivity index is 1.45. The molecule has 1 unspecified atom stereocenters. The number of hydrogen-bond acceptors (Lipinski definition) is 3. The van der Waals surface area contributed by atoms with E-state index < -0.39 is 0 Å². The van der Waals surface area contributed by atoms with Crippen LogP contribution in [0.4, 0.5) is 0 Å². The van der Waals surface area contributed by atoms with Crippen molar-refractivity contribution >= 4 is 0 Å². The van der Waals surface area contributed by atoms with Crippen molar-refractivity contribution in [2.24, 2.45) is 17.3 Å². The first-order chi connectivity index (χ1) is 15.5. The van der Waals surface area contributed by atoms with E-state index in [0.29, 0.717) is 24.0 Å². The molecule has 0 N–H and O–H groups in total. The van der Waals surface area contributed by atoms with Crippen molar-refractivity contribution in [1.29, 1.82) is 0 Å². The molecule has 0 radical (unpaired) electrons. The van der Waals surface area contributed by atoms with E-state index in [1.165, 1.54) is 48.8 Å². The summed E-state index contributed by atoms with van der Waals surface area (Å²) in [6.45, 7) is 5.23. The lowest BCUT2D eigenvalue weighted by molar-refractivity contribution is -0.0444. The molecule has 0 aliphatic heterocycles. The molecular weight excluding hydrogens is 396 g/mol. The van der Waals surface area contributed by atoms with E-state index in [9.17, 15) is 0 Å². The number of benzene rings is 2. The maximum atomic E-state index is 6.37. The molecule has 2 saturated carbocycles. The number of fused-ring (bicyclic) bond motifs is 5. The van der Waals surface area contributed by atoms with Crippen LogP contribution in [0.25, 0.3) is 0 Å². The third-order valence-corrected chi connectivity index (χ3v) is 9.08. The monoisotopic (exact) mass is 434 g/mol. The van der Waals surface area contributed by atoms with Gasteiger partial charge >= 0.3 is 0 Å².